The molecule has 0 saturated heterocycles. The van der Waals surface area contributed by atoms with Crippen LogP contribution in [0, 0.1) is 0 Å². The van der Waals surface area contributed by atoms with Crippen LogP contribution in [0.25, 0.3) is 120 Å². The normalized spacial score (nSPS) is 11.7. The van der Waals surface area contributed by atoms with Gasteiger partial charge in [-0.3, -0.25) is 0 Å². The standard InChI is InChI=1S/C55H33N3S/c1-3-11-40-31-42(27-21-34(40)9-1)49-33-50(43-28-22-35-10-2-4-12-41(35)32-43)58-55(57-49)39-25-19-37(20-26-39)36-17-23-38(24-18-36)53-47-30-29-45-44-13-6-8-16-51(44)59-54(45)52(47)46-14-5-7-15-48(46)56-53/h1-33H. The maximum absolute atomic E-state index is 5.26. The van der Waals surface area contributed by atoms with Gasteiger partial charge in [-0.05, 0) is 63.0 Å². The molecule has 0 aliphatic rings. The topological polar surface area (TPSA) is 38.7 Å². The average molecular weight is 768 g/mol. The van der Waals surface area contributed by atoms with Crippen molar-refractivity contribution in [2.24, 2.45) is 0 Å². The van der Waals surface area contributed by atoms with Gasteiger partial charge in [0.05, 0.1) is 22.6 Å². The summed E-state index contributed by atoms with van der Waals surface area (Å²) in [5.41, 5.74) is 10.3. The zero-order valence-electron chi connectivity index (χ0n) is 31.8. The van der Waals surface area contributed by atoms with E-state index >= 15 is 0 Å². The SMILES string of the molecule is c1ccc2cc(-c3cc(-c4ccc5ccccc5c4)nc(-c4ccc(-c5ccc(-c6nc7ccccc7c7c6ccc6c8ccccc8sc67)cc5)cc4)n3)ccc2c1. The Balaban J connectivity index is 0.922. The third kappa shape index (κ3) is 5.76. The van der Waals surface area contributed by atoms with Crippen molar-refractivity contribution in [1.29, 1.82) is 0 Å². The summed E-state index contributed by atoms with van der Waals surface area (Å²) in [6.07, 6.45) is 0. The Morgan fingerprint density at radius 3 is 1.49 bits per heavy atom. The van der Waals surface area contributed by atoms with E-state index in [9.17, 15) is 0 Å². The molecule has 0 fully saturated rings. The highest BCUT2D eigenvalue weighted by atomic mass is 32.1. The fourth-order valence-corrected chi connectivity index (χ4v) is 9.90. The zero-order valence-corrected chi connectivity index (χ0v) is 32.6. The second-order valence-corrected chi connectivity index (χ2v) is 16.2. The molecule has 0 radical (unpaired) electrons. The quantitative estimate of drug-likeness (QED) is 0.164. The van der Waals surface area contributed by atoms with Gasteiger partial charge in [-0.25, -0.2) is 15.0 Å². The first-order chi connectivity index (χ1) is 29.2. The Morgan fingerprint density at radius 2 is 0.831 bits per heavy atom. The zero-order chi connectivity index (χ0) is 38.9. The minimum Gasteiger partial charge on any atom is -0.247 e. The van der Waals surface area contributed by atoms with E-state index in [4.69, 9.17) is 15.0 Å². The molecule has 0 amide bonds. The highest BCUT2D eigenvalue weighted by molar-refractivity contribution is 7.26. The summed E-state index contributed by atoms with van der Waals surface area (Å²) in [7, 11) is 0. The van der Waals surface area contributed by atoms with Crippen LogP contribution in [0.4, 0.5) is 0 Å². The molecule has 12 aromatic rings. The van der Waals surface area contributed by atoms with Gasteiger partial charge in [-0.2, -0.15) is 0 Å². The second kappa shape index (κ2) is 13.6. The predicted octanol–water partition coefficient (Wildman–Crippen LogP) is 15.2. The Morgan fingerprint density at radius 1 is 0.322 bits per heavy atom. The lowest BCUT2D eigenvalue weighted by molar-refractivity contribution is 1.18. The number of fused-ring (bicyclic) bond motifs is 9. The van der Waals surface area contributed by atoms with Crippen LogP contribution >= 0.6 is 11.3 Å². The first-order valence-corrected chi connectivity index (χ1v) is 20.7. The Bertz CT molecular complexity index is 3510. The number of benzene rings is 9. The smallest absolute Gasteiger partial charge is 0.160 e. The van der Waals surface area contributed by atoms with Gasteiger partial charge in [0.2, 0.25) is 0 Å². The molecule has 0 atom stereocenters. The highest BCUT2D eigenvalue weighted by Gasteiger charge is 2.17. The van der Waals surface area contributed by atoms with Crippen LogP contribution in [0.2, 0.25) is 0 Å². The minimum absolute atomic E-state index is 0.697. The van der Waals surface area contributed by atoms with Crippen molar-refractivity contribution < 1.29 is 0 Å². The Hall–Kier alpha value is -7.53. The number of hydrogen-bond donors (Lipinski definition) is 0. The second-order valence-electron chi connectivity index (χ2n) is 15.2. The number of nitrogens with zero attached hydrogens (tertiary/aromatic N) is 3. The molecular weight excluding hydrogens is 735 g/mol. The molecule has 3 nitrogen and oxygen atoms in total. The number of aromatic nitrogens is 3. The average Bonchev–Trinajstić information content (AvgIpc) is 3.70. The first kappa shape index (κ1) is 33.6. The monoisotopic (exact) mass is 767 g/mol. The van der Waals surface area contributed by atoms with E-state index in [2.05, 4.69) is 200 Å². The van der Waals surface area contributed by atoms with Crippen molar-refractivity contribution in [3.8, 4) is 56.3 Å². The molecule has 12 rings (SSSR count). The lowest BCUT2D eigenvalue weighted by Crippen LogP contribution is -1.96. The lowest BCUT2D eigenvalue weighted by Gasteiger charge is -2.12. The molecule has 9 aromatic carbocycles. The molecule has 59 heavy (non-hydrogen) atoms. The fraction of sp³-hybridized carbons (Fsp3) is 0. The molecule has 0 aliphatic heterocycles. The maximum Gasteiger partial charge on any atom is 0.160 e. The van der Waals surface area contributed by atoms with Crippen molar-refractivity contribution >= 4 is 74.7 Å². The van der Waals surface area contributed by atoms with Gasteiger partial charge in [-0.15, -0.1) is 11.3 Å². The van der Waals surface area contributed by atoms with E-state index < -0.39 is 0 Å². The summed E-state index contributed by atoms with van der Waals surface area (Å²) in [6.45, 7) is 0. The van der Waals surface area contributed by atoms with Crippen LogP contribution in [0.1, 0.15) is 0 Å². The molecular formula is C55H33N3S. The summed E-state index contributed by atoms with van der Waals surface area (Å²) in [5, 5.41) is 11.0. The van der Waals surface area contributed by atoms with E-state index in [0.717, 1.165) is 56.0 Å². The molecule has 0 unspecified atom stereocenters. The molecule has 0 saturated carbocycles. The molecule has 0 N–H and O–H groups in total. The van der Waals surface area contributed by atoms with Gasteiger partial charge in [0.1, 0.15) is 0 Å². The van der Waals surface area contributed by atoms with Crippen LogP contribution in [0.5, 0.6) is 0 Å². The van der Waals surface area contributed by atoms with E-state index in [0.29, 0.717) is 5.82 Å². The largest absolute Gasteiger partial charge is 0.247 e. The molecule has 0 bridgehead atoms. The van der Waals surface area contributed by atoms with Gasteiger partial charge in [0.15, 0.2) is 5.82 Å². The number of hydrogen-bond acceptors (Lipinski definition) is 4. The summed E-state index contributed by atoms with van der Waals surface area (Å²) in [4.78, 5) is 15.6. The van der Waals surface area contributed by atoms with Crippen LogP contribution in [-0.2, 0) is 0 Å². The fourth-order valence-electron chi connectivity index (χ4n) is 8.64. The molecule has 274 valence electrons. The summed E-state index contributed by atoms with van der Waals surface area (Å²) < 4.78 is 2.62. The number of para-hydroxylation sites is 1. The van der Waals surface area contributed by atoms with Crippen molar-refractivity contribution in [3.63, 3.8) is 0 Å². The van der Waals surface area contributed by atoms with Gasteiger partial charge in [-0.1, -0.05) is 170 Å². The van der Waals surface area contributed by atoms with E-state index in [1.807, 2.05) is 11.3 Å². The third-order valence-electron chi connectivity index (χ3n) is 11.7. The van der Waals surface area contributed by atoms with Crippen LogP contribution in [0.3, 0.4) is 0 Å². The summed E-state index contributed by atoms with van der Waals surface area (Å²) >= 11 is 1.87. The lowest BCUT2D eigenvalue weighted by atomic mass is 9.96. The summed E-state index contributed by atoms with van der Waals surface area (Å²) in [5.74, 6) is 0.697. The van der Waals surface area contributed by atoms with Crippen LogP contribution in [-0.4, -0.2) is 15.0 Å². The summed E-state index contributed by atoms with van der Waals surface area (Å²) in [6, 6.07) is 71.4. The van der Waals surface area contributed by atoms with Crippen LogP contribution < -0.4 is 0 Å². The molecule has 3 aromatic heterocycles. The maximum atomic E-state index is 5.26. The molecule has 4 heteroatoms. The molecule has 0 spiro atoms. The predicted molar refractivity (Wildman–Crippen MR) is 250 cm³/mol. The van der Waals surface area contributed by atoms with Gasteiger partial charge < -0.3 is 0 Å². The van der Waals surface area contributed by atoms with Crippen molar-refractivity contribution in [2.45, 2.75) is 0 Å². The minimum atomic E-state index is 0.697. The van der Waals surface area contributed by atoms with E-state index in [1.165, 1.54) is 57.9 Å². The third-order valence-corrected chi connectivity index (χ3v) is 12.9. The highest BCUT2D eigenvalue weighted by Crippen LogP contribution is 2.43. The number of thiophene rings is 1. The van der Waals surface area contributed by atoms with E-state index in [1.54, 1.807) is 0 Å². The Labute approximate surface area is 344 Å². The Kier molecular flexibility index (Phi) is 7.72. The van der Waals surface area contributed by atoms with Gasteiger partial charge >= 0.3 is 0 Å². The van der Waals surface area contributed by atoms with Crippen LogP contribution in [0.15, 0.2) is 200 Å². The van der Waals surface area contributed by atoms with Crippen molar-refractivity contribution in [3.05, 3.63) is 200 Å². The first-order valence-electron chi connectivity index (χ1n) is 19.9. The molecule has 3 heterocycles. The van der Waals surface area contributed by atoms with Crippen molar-refractivity contribution in [2.75, 3.05) is 0 Å². The van der Waals surface area contributed by atoms with Gasteiger partial charge in [0, 0.05) is 58.6 Å². The number of pyridine rings is 1. The van der Waals surface area contributed by atoms with E-state index in [-0.39, 0.29) is 0 Å². The molecule has 0 aliphatic carbocycles. The van der Waals surface area contributed by atoms with Gasteiger partial charge in [0.25, 0.3) is 0 Å². The van der Waals surface area contributed by atoms with Crippen molar-refractivity contribution in [1.82, 2.24) is 15.0 Å². The number of rotatable bonds is 5.